The molecule has 27 heavy (non-hydrogen) atoms. The molecule has 1 aliphatic carbocycles. The van der Waals surface area contributed by atoms with Gasteiger partial charge in [-0.05, 0) is 39.2 Å². The second-order valence-electron chi connectivity index (χ2n) is 7.01. The topological polar surface area (TPSA) is 64.6 Å². The van der Waals surface area contributed by atoms with E-state index in [1.807, 2.05) is 45.0 Å². The summed E-state index contributed by atoms with van der Waals surface area (Å²) in [7, 11) is 0. The van der Waals surface area contributed by atoms with Crippen molar-refractivity contribution in [3.63, 3.8) is 0 Å². The van der Waals surface area contributed by atoms with Gasteiger partial charge in [-0.25, -0.2) is 4.79 Å². The lowest BCUT2D eigenvalue weighted by Crippen LogP contribution is -2.34. The van der Waals surface area contributed by atoms with Crippen LogP contribution in [0.15, 0.2) is 46.8 Å². The summed E-state index contributed by atoms with van der Waals surface area (Å²) in [5.74, 6) is -0.661. The fourth-order valence-corrected chi connectivity index (χ4v) is 3.76. The van der Waals surface area contributed by atoms with Crippen molar-refractivity contribution < 1.29 is 19.1 Å². The Kier molecular flexibility index (Phi) is 6.11. The minimum atomic E-state index is -0.393. The molecule has 1 heterocycles. The first-order valence-electron chi connectivity index (χ1n) is 9.58. The molecule has 0 fully saturated rings. The highest BCUT2D eigenvalue weighted by Crippen LogP contribution is 2.42. The Hall–Kier alpha value is -2.40. The Bertz CT molecular complexity index is 789. The number of dihydropyridines is 1. The van der Waals surface area contributed by atoms with Crippen LogP contribution in [0.1, 0.15) is 50.2 Å². The number of carbonyl (C=O) groups is 2. The molecule has 0 radical (unpaired) electrons. The van der Waals surface area contributed by atoms with Crippen LogP contribution < -0.4 is 5.32 Å². The van der Waals surface area contributed by atoms with Gasteiger partial charge in [-0.1, -0.05) is 29.8 Å². The largest absolute Gasteiger partial charge is 0.460 e. The molecule has 0 bridgehead atoms. The average molecular weight is 369 g/mol. The fraction of sp³-hybridized carbons (Fsp3) is 0.455. The second kappa shape index (κ2) is 8.53. The van der Waals surface area contributed by atoms with Crippen molar-refractivity contribution in [3.05, 3.63) is 57.9 Å². The van der Waals surface area contributed by atoms with Crippen LogP contribution in [0.5, 0.6) is 0 Å². The summed E-state index contributed by atoms with van der Waals surface area (Å²) in [6.45, 7) is 6.94. The Morgan fingerprint density at radius 2 is 1.89 bits per heavy atom. The van der Waals surface area contributed by atoms with E-state index in [4.69, 9.17) is 9.47 Å². The monoisotopic (exact) mass is 369 g/mol. The predicted octanol–water partition coefficient (Wildman–Crippen LogP) is 3.54. The van der Waals surface area contributed by atoms with Crippen molar-refractivity contribution in [1.29, 1.82) is 0 Å². The number of hydrogen-bond acceptors (Lipinski definition) is 5. The molecule has 0 amide bonds. The van der Waals surface area contributed by atoms with Crippen LogP contribution >= 0.6 is 0 Å². The van der Waals surface area contributed by atoms with Crippen LogP contribution in [0, 0.1) is 6.92 Å². The molecule has 1 atom stereocenters. The smallest absolute Gasteiger partial charge is 0.336 e. The Morgan fingerprint density at radius 3 is 2.59 bits per heavy atom. The standard InChI is InChI=1S/C22H27NO4/c1-4-26-12-13-27-22(25)19-15(3)23-17-6-5-7-18(24)21(17)20(19)16-10-8-14(2)9-11-16/h8-11,20,23H,4-7,12-13H2,1-3H3/t20-/m1/s1. The van der Waals surface area contributed by atoms with Crippen molar-refractivity contribution in [3.8, 4) is 0 Å². The third kappa shape index (κ3) is 4.14. The van der Waals surface area contributed by atoms with Crippen molar-refractivity contribution >= 4 is 11.8 Å². The van der Waals surface area contributed by atoms with Gasteiger partial charge in [0, 0.05) is 35.9 Å². The lowest BCUT2D eigenvalue weighted by Gasteiger charge is -2.34. The second-order valence-corrected chi connectivity index (χ2v) is 7.01. The van der Waals surface area contributed by atoms with Crippen LogP contribution in [-0.2, 0) is 19.1 Å². The van der Waals surface area contributed by atoms with E-state index < -0.39 is 5.97 Å². The highest BCUT2D eigenvalue weighted by atomic mass is 16.6. The number of carbonyl (C=O) groups excluding carboxylic acids is 2. The van der Waals surface area contributed by atoms with Crippen LogP contribution in [0.4, 0.5) is 0 Å². The Balaban J connectivity index is 1.97. The van der Waals surface area contributed by atoms with Crippen molar-refractivity contribution in [2.24, 2.45) is 0 Å². The van der Waals surface area contributed by atoms with Crippen LogP contribution in [0.25, 0.3) is 0 Å². The maximum absolute atomic E-state index is 12.9. The number of benzene rings is 1. The molecule has 1 aliphatic heterocycles. The van der Waals surface area contributed by atoms with Crippen molar-refractivity contribution in [1.82, 2.24) is 5.32 Å². The number of rotatable bonds is 6. The summed E-state index contributed by atoms with van der Waals surface area (Å²) in [5.41, 5.74) is 5.02. The summed E-state index contributed by atoms with van der Waals surface area (Å²) in [6.07, 6.45) is 2.19. The van der Waals surface area contributed by atoms with Gasteiger partial charge >= 0.3 is 5.97 Å². The molecule has 144 valence electrons. The summed E-state index contributed by atoms with van der Waals surface area (Å²) in [6, 6.07) is 8.02. The summed E-state index contributed by atoms with van der Waals surface area (Å²) < 4.78 is 10.7. The molecule has 2 aliphatic rings. The maximum Gasteiger partial charge on any atom is 0.336 e. The highest BCUT2D eigenvalue weighted by Gasteiger charge is 2.38. The molecule has 1 N–H and O–H groups in total. The number of Topliss-reactive ketones (excluding diaryl/α,β-unsaturated/α-hetero) is 1. The van der Waals surface area contributed by atoms with Gasteiger partial charge in [-0.15, -0.1) is 0 Å². The number of ketones is 1. The number of aryl methyl sites for hydroxylation is 1. The lowest BCUT2D eigenvalue weighted by molar-refractivity contribution is -0.140. The first-order chi connectivity index (χ1) is 13.0. The van der Waals surface area contributed by atoms with Crippen molar-refractivity contribution in [2.45, 2.75) is 46.0 Å². The minimum Gasteiger partial charge on any atom is -0.460 e. The van der Waals surface area contributed by atoms with E-state index >= 15 is 0 Å². The maximum atomic E-state index is 12.9. The third-order valence-electron chi connectivity index (χ3n) is 5.07. The minimum absolute atomic E-state index is 0.112. The molecule has 0 aromatic heterocycles. The van der Waals surface area contributed by atoms with Gasteiger partial charge in [-0.2, -0.15) is 0 Å². The van der Waals surface area contributed by atoms with E-state index in [0.29, 0.717) is 30.8 Å². The van der Waals surface area contributed by atoms with Gasteiger partial charge in [0.1, 0.15) is 6.61 Å². The number of nitrogens with one attached hydrogen (secondary N) is 1. The molecule has 1 aromatic carbocycles. The highest BCUT2D eigenvalue weighted by molar-refractivity contribution is 6.03. The molecular formula is C22H27NO4. The average Bonchev–Trinajstić information content (AvgIpc) is 2.65. The van der Waals surface area contributed by atoms with Gasteiger partial charge in [-0.3, -0.25) is 4.79 Å². The van der Waals surface area contributed by atoms with E-state index in [9.17, 15) is 9.59 Å². The van der Waals surface area contributed by atoms with E-state index in [-0.39, 0.29) is 18.3 Å². The molecule has 0 unspecified atom stereocenters. The molecule has 5 heteroatoms. The first kappa shape index (κ1) is 19.4. The van der Waals surface area contributed by atoms with Gasteiger partial charge in [0.2, 0.25) is 0 Å². The Morgan fingerprint density at radius 1 is 1.15 bits per heavy atom. The van der Waals surface area contributed by atoms with Gasteiger partial charge in [0.25, 0.3) is 0 Å². The van der Waals surface area contributed by atoms with E-state index in [1.54, 1.807) is 0 Å². The zero-order chi connectivity index (χ0) is 19.4. The molecule has 0 spiro atoms. The van der Waals surface area contributed by atoms with Crippen molar-refractivity contribution in [2.75, 3.05) is 19.8 Å². The normalized spacial score (nSPS) is 19.7. The van der Waals surface area contributed by atoms with Crippen LogP contribution in [0.3, 0.4) is 0 Å². The first-order valence-corrected chi connectivity index (χ1v) is 9.58. The molecular weight excluding hydrogens is 342 g/mol. The lowest BCUT2D eigenvalue weighted by atomic mass is 9.75. The third-order valence-corrected chi connectivity index (χ3v) is 5.07. The summed E-state index contributed by atoms with van der Waals surface area (Å²) in [5, 5.41) is 3.30. The van der Waals surface area contributed by atoms with Gasteiger partial charge < -0.3 is 14.8 Å². The number of allylic oxidation sites excluding steroid dienone is 3. The summed E-state index contributed by atoms with van der Waals surface area (Å²) in [4.78, 5) is 25.7. The predicted molar refractivity (Wildman–Crippen MR) is 103 cm³/mol. The molecule has 1 aromatic rings. The Labute approximate surface area is 160 Å². The number of hydrogen-bond donors (Lipinski definition) is 1. The molecule has 0 saturated carbocycles. The van der Waals surface area contributed by atoms with E-state index in [2.05, 4.69) is 5.32 Å². The van der Waals surface area contributed by atoms with E-state index in [1.165, 1.54) is 0 Å². The van der Waals surface area contributed by atoms with Gasteiger partial charge in [0.05, 0.1) is 12.2 Å². The SMILES string of the molecule is CCOCCOC(=O)C1=C(C)NC2=C(C(=O)CCC2)[C@@H]1c1ccc(C)cc1. The number of ether oxygens (including phenoxy) is 2. The van der Waals surface area contributed by atoms with E-state index in [0.717, 1.165) is 35.4 Å². The van der Waals surface area contributed by atoms with Crippen LogP contribution in [0.2, 0.25) is 0 Å². The quantitative estimate of drug-likeness (QED) is 0.614. The zero-order valence-corrected chi connectivity index (χ0v) is 16.3. The molecule has 0 saturated heterocycles. The fourth-order valence-electron chi connectivity index (χ4n) is 3.76. The van der Waals surface area contributed by atoms with Crippen LogP contribution in [-0.4, -0.2) is 31.6 Å². The number of esters is 1. The summed E-state index contributed by atoms with van der Waals surface area (Å²) >= 11 is 0. The zero-order valence-electron chi connectivity index (χ0n) is 16.3. The molecule has 5 nitrogen and oxygen atoms in total. The van der Waals surface area contributed by atoms with Gasteiger partial charge in [0.15, 0.2) is 5.78 Å². The molecule has 3 rings (SSSR count).